The lowest BCUT2D eigenvalue weighted by Gasteiger charge is -2.40. The molecule has 0 spiro atoms. The second kappa shape index (κ2) is 10.6. The molecular formula is C26H47N5O5Si2. The van der Waals surface area contributed by atoms with Crippen molar-refractivity contribution in [1.29, 1.82) is 0 Å². The number of carbonyl (C=O) groups is 1. The summed E-state index contributed by atoms with van der Waals surface area (Å²) in [6.45, 7) is 26.3. The highest BCUT2D eigenvalue weighted by molar-refractivity contribution is 6.74. The SMILES string of the molecule is CC(C)C(=O)Nc1nc2c(ncn2[C@H]2C[C@H](O[Si](C)(C)C(C)(C)C)[C@@H](CO[Si](C)(C)C(C)(C)C)O2)c(=O)[nH]1. The lowest BCUT2D eigenvalue weighted by atomic mass is 10.2. The van der Waals surface area contributed by atoms with Crippen LogP contribution in [-0.4, -0.2) is 60.9 Å². The number of aromatic amines is 1. The highest BCUT2D eigenvalue weighted by atomic mass is 28.4. The van der Waals surface area contributed by atoms with Gasteiger partial charge in [0.1, 0.15) is 12.3 Å². The van der Waals surface area contributed by atoms with Crippen molar-refractivity contribution in [3.63, 3.8) is 0 Å². The topological polar surface area (TPSA) is 120 Å². The molecule has 0 unspecified atom stereocenters. The molecule has 3 atom stereocenters. The summed E-state index contributed by atoms with van der Waals surface area (Å²) in [5.41, 5.74) is 0.131. The highest BCUT2D eigenvalue weighted by Gasteiger charge is 2.47. The van der Waals surface area contributed by atoms with Gasteiger partial charge in [-0.2, -0.15) is 4.98 Å². The maximum absolute atomic E-state index is 12.7. The van der Waals surface area contributed by atoms with Gasteiger partial charge in [-0.1, -0.05) is 55.4 Å². The van der Waals surface area contributed by atoms with Gasteiger partial charge in [0.25, 0.3) is 5.56 Å². The maximum Gasteiger partial charge on any atom is 0.280 e. The molecule has 214 valence electrons. The number of aromatic nitrogens is 4. The third-order valence-electron chi connectivity index (χ3n) is 8.36. The zero-order valence-electron chi connectivity index (χ0n) is 25.2. The average Bonchev–Trinajstić information content (AvgIpc) is 3.34. The molecule has 0 saturated carbocycles. The Hall–Kier alpha value is -1.87. The van der Waals surface area contributed by atoms with E-state index in [1.807, 2.05) is 0 Å². The summed E-state index contributed by atoms with van der Waals surface area (Å²) in [6, 6.07) is 0. The fourth-order valence-electron chi connectivity index (χ4n) is 3.66. The molecular weight excluding hydrogens is 518 g/mol. The number of anilines is 1. The minimum absolute atomic E-state index is 0.0377. The maximum atomic E-state index is 12.7. The predicted molar refractivity (Wildman–Crippen MR) is 155 cm³/mol. The number of carbonyl (C=O) groups excluding carboxylic acids is 1. The van der Waals surface area contributed by atoms with E-state index in [1.54, 1.807) is 24.7 Å². The normalized spacial score (nSPS) is 21.4. The largest absolute Gasteiger partial charge is 0.414 e. The first-order chi connectivity index (χ1) is 17.2. The summed E-state index contributed by atoms with van der Waals surface area (Å²) in [5.74, 6) is -0.400. The monoisotopic (exact) mass is 565 g/mol. The second-order valence-electron chi connectivity index (χ2n) is 13.7. The number of hydrogen-bond donors (Lipinski definition) is 2. The molecule has 2 aromatic heterocycles. The van der Waals surface area contributed by atoms with Gasteiger partial charge in [-0.05, 0) is 36.3 Å². The molecule has 3 rings (SSSR count). The van der Waals surface area contributed by atoms with Gasteiger partial charge in [0, 0.05) is 12.3 Å². The van der Waals surface area contributed by atoms with Crippen LogP contribution < -0.4 is 10.9 Å². The molecule has 1 saturated heterocycles. The van der Waals surface area contributed by atoms with Gasteiger partial charge in [-0.3, -0.25) is 24.5 Å². The molecule has 1 amide bonds. The minimum Gasteiger partial charge on any atom is -0.414 e. The molecule has 0 radical (unpaired) electrons. The molecule has 0 aliphatic carbocycles. The van der Waals surface area contributed by atoms with Gasteiger partial charge >= 0.3 is 0 Å². The number of imidazole rings is 1. The number of fused-ring (bicyclic) bond motifs is 1. The fourth-order valence-corrected chi connectivity index (χ4v) is 6.04. The zero-order chi connectivity index (χ0) is 28.8. The summed E-state index contributed by atoms with van der Waals surface area (Å²) in [7, 11) is -4.12. The van der Waals surface area contributed by atoms with Gasteiger partial charge in [0.05, 0.1) is 19.0 Å². The van der Waals surface area contributed by atoms with Crippen LogP contribution in [0.3, 0.4) is 0 Å². The summed E-state index contributed by atoms with van der Waals surface area (Å²) in [4.78, 5) is 36.4. The Kier molecular flexibility index (Phi) is 8.56. The zero-order valence-corrected chi connectivity index (χ0v) is 27.2. The first-order valence-electron chi connectivity index (χ1n) is 13.5. The van der Waals surface area contributed by atoms with Gasteiger partial charge in [0.2, 0.25) is 11.9 Å². The van der Waals surface area contributed by atoms with Crippen LogP contribution in [-0.2, 0) is 18.4 Å². The Morgan fingerprint density at radius 1 is 1.16 bits per heavy atom. The van der Waals surface area contributed by atoms with E-state index < -0.39 is 28.4 Å². The second-order valence-corrected chi connectivity index (χ2v) is 23.3. The Balaban J connectivity index is 1.94. The van der Waals surface area contributed by atoms with Crippen molar-refractivity contribution in [3.8, 4) is 0 Å². The summed E-state index contributed by atoms with van der Waals surface area (Å²) < 4.78 is 21.8. The molecule has 12 heteroatoms. The van der Waals surface area contributed by atoms with Gasteiger partial charge in [-0.25, -0.2) is 4.98 Å². The minimum atomic E-state index is -2.11. The van der Waals surface area contributed by atoms with E-state index in [9.17, 15) is 9.59 Å². The van der Waals surface area contributed by atoms with Crippen LogP contribution in [0.5, 0.6) is 0 Å². The summed E-state index contributed by atoms with van der Waals surface area (Å²) in [5, 5.41) is 2.79. The number of ether oxygens (including phenoxy) is 1. The fraction of sp³-hybridized carbons (Fsp3) is 0.769. The Morgan fingerprint density at radius 2 is 1.76 bits per heavy atom. The molecule has 1 fully saturated rings. The Labute approximate surface area is 228 Å². The van der Waals surface area contributed by atoms with Crippen LogP contribution in [0.2, 0.25) is 36.3 Å². The third-order valence-corrected chi connectivity index (χ3v) is 17.4. The van der Waals surface area contributed by atoms with E-state index in [2.05, 4.69) is 88.0 Å². The molecule has 2 aromatic rings. The van der Waals surface area contributed by atoms with Crippen LogP contribution in [0, 0.1) is 5.92 Å². The number of nitrogens with zero attached hydrogens (tertiary/aromatic N) is 3. The van der Waals surface area contributed by atoms with E-state index in [4.69, 9.17) is 13.6 Å². The average molecular weight is 566 g/mol. The predicted octanol–water partition coefficient (Wildman–Crippen LogP) is 5.41. The molecule has 2 N–H and O–H groups in total. The van der Waals surface area contributed by atoms with Gasteiger partial charge in [0.15, 0.2) is 27.8 Å². The first kappa shape index (κ1) is 30.7. The molecule has 1 aliphatic rings. The van der Waals surface area contributed by atoms with Crippen LogP contribution in [0.1, 0.15) is 68.0 Å². The Morgan fingerprint density at radius 3 is 2.32 bits per heavy atom. The van der Waals surface area contributed by atoms with Gasteiger partial charge < -0.3 is 13.6 Å². The van der Waals surface area contributed by atoms with Crippen LogP contribution >= 0.6 is 0 Å². The van der Waals surface area contributed by atoms with Crippen molar-refractivity contribution >= 4 is 39.7 Å². The Bertz CT molecular complexity index is 1210. The number of rotatable bonds is 8. The number of amides is 1. The van der Waals surface area contributed by atoms with Crippen molar-refractivity contribution in [2.24, 2.45) is 5.92 Å². The highest BCUT2D eigenvalue weighted by Crippen LogP contribution is 2.42. The van der Waals surface area contributed by atoms with Crippen molar-refractivity contribution in [2.75, 3.05) is 11.9 Å². The quantitative estimate of drug-likeness (QED) is 0.410. The number of H-pyrrole nitrogens is 1. The van der Waals surface area contributed by atoms with Crippen molar-refractivity contribution in [2.45, 2.75) is 117 Å². The van der Waals surface area contributed by atoms with Crippen molar-refractivity contribution < 1.29 is 18.4 Å². The molecule has 1 aliphatic heterocycles. The van der Waals surface area contributed by atoms with Crippen LogP contribution in [0.4, 0.5) is 5.95 Å². The standard InChI is InChI=1S/C26H47N5O5Si2/c1-16(2)22(32)29-24-28-21-20(23(33)30-24)27-15-31(21)19-13-17(36-38(11,12)26(6,7)8)18(35-19)14-34-37(9,10)25(3,4)5/h15-19H,13-14H2,1-12H3,(H2,28,29,30,32,33)/t17-,18+,19+/m0/s1. The third kappa shape index (κ3) is 6.47. The van der Waals surface area contributed by atoms with E-state index >= 15 is 0 Å². The van der Waals surface area contributed by atoms with Gasteiger partial charge in [-0.15, -0.1) is 0 Å². The molecule has 0 aromatic carbocycles. The lowest BCUT2D eigenvalue weighted by Crippen LogP contribution is -2.48. The summed E-state index contributed by atoms with van der Waals surface area (Å²) >= 11 is 0. The molecule has 3 heterocycles. The molecule has 10 nitrogen and oxygen atoms in total. The van der Waals surface area contributed by atoms with E-state index in [0.29, 0.717) is 18.7 Å². The molecule has 0 bridgehead atoms. The van der Waals surface area contributed by atoms with E-state index in [0.717, 1.165) is 0 Å². The van der Waals surface area contributed by atoms with E-state index in [-0.39, 0.29) is 45.6 Å². The number of hydrogen-bond acceptors (Lipinski definition) is 7. The van der Waals surface area contributed by atoms with Crippen molar-refractivity contribution in [3.05, 3.63) is 16.7 Å². The lowest BCUT2D eigenvalue weighted by molar-refractivity contribution is -0.118. The van der Waals surface area contributed by atoms with Crippen molar-refractivity contribution in [1.82, 2.24) is 19.5 Å². The van der Waals surface area contributed by atoms with Crippen LogP contribution in [0.25, 0.3) is 11.2 Å². The van der Waals surface area contributed by atoms with E-state index in [1.165, 1.54) is 0 Å². The van der Waals surface area contributed by atoms with Crippen LogP contribution in [0.15, 0.2) is 11.1 Å². The molecule has 38 heavy (non-hydrogen) atoms. The summed E-state index contributed by atoms with van der Waals surface area (Å²) in [6.07, 6.45) is 1.26. The number of nitrogens with one attached hydrogen (secondary N) is 2. The smallest absolute Gasteiger partial charge is 0.280 e. The first-order valence-corrected chi connectivity index (χ1v) is 19.3.